The summed E-state index contributed by atoms with van der Waals surface area (Å²) < 4.78 is 33.1. The summed E-state index contributed by atoms with van der Waals surface area (Å²) >= 11 is 0. The second kappa shape index (κ2) is 9.96. The zero-order valence-corrected chi connectivity index (χ0v) is 21.5. The highest BCUT2D eigenvalue weighted by Crippen LogP contribution is 2.43. The van der Waals surface area contributed by atoms with E-state index < -0.39 is 51.1 Å². The van der Waals surface area contributed by atoms with Crippen LogP contribution in [0.1, 0.15) is 48.1 Å². The van der Waals surface area contributed by atoms with Crippen molar-refractivity contribution in [2.45, 2.75) is 44.7 Å². The van der Waals surface area contributed by atoms with Gasteiger partial charge in [0.2, 0.25) is 11.3 Å². The Bertz CT molecular complexity index is 1520. The molecule has 3 aromatic rings. The first-order valence-corrected chi connectivity index (χ1v) is 12.9. The van der Waals surface area contributed by atoms with E-state index in [-0.39, 0.29) is 36.2 Å². The van der Waals surface area contributed by atoms with Crippen molar-refractivity contribution in [1.82, 2.24) is 9.88 Å². The maximum Gasteiger partial charge on any atom is 0.341 e. The molecule has 206 valence electrons. The average Bonchev–Trinajstić information content (AvgIpc) is 3.68. The van der Waals surface area contributed by atoms with Crippen LogP contribution in [-0.2, 0) is 11.2 Å². The fourth-order valence-corrected chi connectivity index (χ4v) is 5.37. The molecule has 1 saturated carbocycles. The summed E-state index contributed by atoms with van der Waals surface area (Å²) in [7, 11) is 0. The molecule has 2 atom stereocenters. The fraction of sp³-hybridized carbons (Fsp3) is 0.393. The van der Waals surface area contributed by atoms with Crippen LogP contribution in [0.2, 0.25) is 0 Å². The molecule has 1 saturated heterocycles. The number of aromatic carboxylic acids is 1. The number of carbonyl (C=O) groups is 2. The predicted molar refractivity (Wildman–Crippen MR) is 144 cm³/mol. The Balaban J connectivity index is 1.40. The van der Waals surface area contributed by atoms with Crippen LogP contribution in [0.4, 0.5) is 20.2 Å². The number of fused-ring (bicyclic) bond motifs is 1. The minimum absolute atomic E-state index is 0.185. The molecule has 39 heavy (non-hydrogen) atoms. The molecule has 2 aliphatic rings. The van der Waals surface area contributed by atoms with Gasteiger partial charge in [0.05, 0.1) is 22.6 Å². The Morgan fingerprint density at radius 3 is 2.54 bits per heavy atom. The molecular formula is C28H31F2N5O4. The molecule has 1 aromatic heterocycles. The first-order valence-electron chi connectivity index (χ1n) is 12.9. The van der Waals surface area contributed by atoms with E-state index in [0.29, 0.717) is 32.2 Å². The number of amides is 1. The zero-order valence-electron chi connectivity index (χ0n) is 21.5. The zero-order chi connectivity index (χ0) is 28.1. The van der Waals surface area contributed by atoms with Crippen LogP contribution in [-0.4, -0.2) is 47.2 Å². The molecule has 1 aliphatic carbocycles. The molecule has 2 fully saturated rings. The Labute approximate surface area is 223 Å². The van der Waals surface area contributed by atoms with Crippen LogP contribution in [0.15, 0.2) is 41.3 Å². The molecule has 9 nitrogen and oxygen atoms in total. The van der Waals surface area contributed by atoms with Crippen molar-refractivity contribution in [2.75, 3.05) is 30.3 Å². The number of hydrogen-bond acceptors (Lipinski definition) is 6. The molecule has 0 unspecified atom stereocenters. The maximum atomic E-state index is 16.1. The third-order valence-corrected chi connectivity index (χ3v) is 7.73. The van der Waals surface area contributed by atoms with Gasteiger partial charge in [-0.25, -0.2) is 13.6 Å². The average molecular weight is 540 g/mol. The van der Waals surface area contributed by atoms with Crippen LogP contribution in [0.5, 0.6) is 0 Å². The van der Waals surface area contributed by atoms with E-state index in [1.54, 1.807) is 0 Å². The highest BCUT2D eigenvalue weighted by molar-refractivity contribution is 5.99. The molecule has 1 aliphatic heterocycles. The fourth-order valence-electron chi connectivity index (χ4n) is 5.37. The van der Waals surface area contributed by atoms with Crippen molar-refractivity contribution in [3.05, 3.63) is 69.5 Å². The highest BCUT2D eigenvalue weighted by Gasteiger charge is 2.39. The van der Waals surface area contributed by atoms with Crippen LogP contribution in [0.3, 0.4) is 0 Å². The van der Waals surface area contributed by atoms with E-state index >= 15 is 8.78 Å². The normalized spacial score (nSPS) is 19.8. The van der Waals surface area contributed by atoms with Crippen LogP contribution in [0.25, 0.3) is 10.9 Å². The van der Waals surface area contributed by atoms with Crippen molar-refractivity contribution in [3.63, 3.8) is 0 Å². The summed E-state index contributed by atoms with van der Waals surface area (Å²) in [5.41, 5.74) is 9.85. The molecule has 11 heteroatoms. The lowest BCUT2D eigenvalue weighted by Gasteiger charge is -2.28. The van der Waals surface area contributed by atoms with Gasteiger partial charge in [-0.2, -0.15) is 0 Å². The van der Waals surface area contributed by atoms with Crippen molar-refractivity contribution in [3.8, 4) is 0 Å². The number of nitrogens with zero attached hydrogens (tertiary/aromatic N) is 2. The first kappa shape index (κ1) is 26.6. The summed E-state index contributed by atoms with van der Waals surface area (Å²) in [6, 6.07) is 8.49. The van der Waals surface area contributed by atoms with Crippen molar-refractivity contribution in [1.29, 1.82) is 0 Å². The number of pyridine rings is 1. The molecule has 2 aromatic carbocycles. The summed E-state index contributed by atoms with van der Waals surface area (Å²) in [5, 5.41) is 11.9. The van der Waals surface area contributed by atoms with Gasteiger partial charge in [0, 0.05) is 37.3 Å². The minimum atomic E-state index is -1.48. The van der Waals surface area contributed by atoms with Gasteiger partial charge in [0.25, 0.3) is 0 Å². The van der Waals surface area contributed by atoms with Gasteiger partial charge in [-0.3, -0.25) is 9.59 Å². The van der Waals surface area contributed by atoms with Gasteiger partial charge in [-0.05, 0) is 31.2 Å². The molecule has 6 N–H and O–H groups in total. The van der Waals surface area contributed by atoms with E-state index in [9.17, 15) is 19.5 Å². The lowest BCUT2D eigenvalue weighted by Crippen LogP contribution is -2.46. The smallest absolute Gasteiger partial charge is 0.341 e. The molecule has 0 radical (unpaired) electrons. The number of aromatic nitrogens is 1. The number of halogens is 2. The molecular weight excluding hydrogens is 508 g/mol. The number of rotatable bonds is 8. The Morgan fingerprint density at radius 1 is 1.21 bits per heavy atom. The second-order valence-corrected chi connectivity index (χ2v) is 10.9. The first-order chi connectivity index (χ1) is 18.5. The van der Waals surface area contributed by atoms with E-state index in [4.69, 9.17) is 11.5 Å². The number of anilines is 2. The summed E-state index contributed by atoms with van der Waals surface area (Å²) in [4.78, 5) is 38.7. The minimum Gasteiger partial charge on any atom is -0.477 e. The molecule has 1 amide bonds. The molecule has 2 heterocycles. The predicted octanol–water partition coefficient (Wildman–Crippen LogP) is 2.80. The molecule has 0 bridgehead atoms. The topological polar surface area (TPSA) is 144 Å². The monoisotopic (exact) mass is 539 g/mol. The van der Waals surface area contributed by atoms with Gasteiger partial charge in [-0.1, -0.05) is 37.3 Å². The van der Waals surface area contributed by atoms with E-state index in [0.717, 1.165) is 11.8 Å². The Hall–Kier alpha value is -3.99. The molecule has 5 rings (SSSR count). The number of carboxylic acid groups (broad SMARTS) is 1. The Kier molecular flexibility index (Phi) is 6.79. The number of hydrogen-bond donors (Lipinski definition) is 4. The van der Waals surface area contributed by atoms with Gasteiger partial charge in [-0.15, -0.1) is 0 Å². The van der Waals surface area contributed by atoms with Crippen LogP contribution >= 0.6 is 0 Å². The quantitative estimate of drug-likeness (QED) is 0.322. The number of carboxylic acids is 1. The largest absolute Gasteiger partial charge is 0.477 e. The standard InChI is InChI=1S/C28H31F2N5O4/c1-28(13-33-26(37)18(31)11-15-5-3-2-4-6-15)9-10-34(14-28)24-20(29)22(32)19-23(21(24)30)35(16-7-8-16)12-17(25(19)36)27(38)39/h2-6,12,16,18H,7-11,13-14,31-32H2,1H3,(H,33,37)(H,38,39)/t18-,28+/m1/s1. The third-order valence-electron chi connectivity index (χ3n) is 7.73. The van der Waals surface area contributed by atoms with Gasteiger partial charge in [0.15, 0.2) is 11.6 Å². The number of benzene rings is 2. The van der Waals surface area contributed by atoms with Crippen LogP contribution < -0.4 is 27.1 Å². The number of nitrogens with one attached hydrogen (secondary N) is 1. The summed E-state index contributed by atoms with van der Waals surface area (Å²) in [6.07, 6.45) is 3.39. The van der Waals surface area contributed by atoms with Crippen molar-refractivity contribution in [2.24, 2.45) is 11.1 Å². The van der Waals surface area contributed by atoms with Gasteiger partial charge < -0.3 is 31.4 Å². The lowest BCUT2D eigenvalue weighted by molar-refractivity contribution is -0.122. The van der Waals surface area contributed by atoms with Crippen molar-refractivity contribution < 1.29 is 23.5 Å². The highest BCUT2D eigenvalue weighted by atomic mass is 19.1. The number of nitrogens with two attached hydrogens (primary N) is 2. The number of carbonyl (C=O) groups excluding carboxylic acids is 1. The molecule has 0 spiro atoms. The van der Waals surface area contributed by atoms with Crippen molar-refractivity contribution >= 4 is 34.2 Å². The SMILES string of the molecule is C[C@@]1(CNC(=O)[C@H](N)Cc2ccccc2)CCN(c2c(F)c(N)c3c(=O)c(C(=O)O)cn(C4CC4)c3c2F)C1. The summed E-state index contributed by atoms with van der Waals surface area (Å²) in [6.45, 7) is 2.68. The van der Waals surface area contributed by atoms with E-state index in [2.05, 4.69) is 5.32 Å². The number of nitrogen functional groups attached to an aromatic ring is 1. The van der Waals surface area contributed by atoms with Gasteiger partial charge in [0.1, 0.15) is 11.3 Å². The third kappa shape index (κ3) is 4.94. The van der Waals surface area contributed by atoms with Gasteiger partial charge >= 0.3 is 5.97 Å². The van der Waals surface area contributed by atoms with E-state index in [1.807, 2.05) is 37.3 Å². The second-order valence-electron chi connectivity index (χ2n) is 10.9. The maximum absolute atomic E-state index is 16.1. The van der Waals surface area contributed by atoms with Crippen LogP contribution in [0, 0.1) is 17.0 Å². The Morgan fingerprint density at radius 2 is 1.90 bits per heavy atom. The summed E-state index contributed by atoms with van der Waals surface area (Å²) in [5.74, 6) is -3.84. The lowest BCUT2D eigenvalue weighted by atomic mass is 9.89. The van der Waals surface area contributed by atoms with E-state index in [1.165, 1.54) is 9.47 Å².